The van der Waals surface area contributed by atoms with Crippen molar-refractivity contribution in [3.63, 3.8) is 0 Å². The second kappa shape index (κ2) is 5.97. The summed E-state index contributed by atoms with van der Waals surface area (Å²) in [5, 5.41) is 11.2. The first-order chi connectivity index (χ1) is 8.10. The number of hydrogen-bond acceptors (Lipinski definition) is 3. The molecule has 90 valence electrons. The molecule has 1 aromatic rings. The summed E-state index contributed by atoms with van der Waals surface area (Å²) in [5.74, 6) is -1.07. The lowest BCUT2D eigenvalue weighted by Gasteiger charge is -2.12. The van der Waals surface area contributed by atoms with Crippen LogP contribution in [0.5, 0.6) is 0 Å². The molecule has 4 nitrogen and oxygen atoms in total. The van der Waals surface area contributed by atoms with E-state index in [0.29, 0.717) is 6.42 Å². The highest BCUT2D eigenvalue weighted by atomic mass is 19.1. The molecule has 17 heavy (non-hydrogen) atoms. The highest BCUT2D eigenvalue weighted by molar-refractivity contribution is 5.95. The lowest BCUT2D eigenvalue weighted by atomic mass is 10.1. The van der Waals surface area contributed by atoms with E-state index in [9.17, 15) is 9.18 Å². The number of nitrogens with zero attached hydrogens (tertiary/aromatic N) is 1. The zero-order chi connectivity index (χ0) is 12.8. The van der Waals surface area contributed by atoms with Gasteiger partial charge < -0.3 is 11.1 Å². The number of carbonyl (C=O) groups excluding carboxylic acids is 1. The van der Waals surface area contributed by atoms with Crippen molar-refractivity contribution < 1.29 is 9.18 Å². The van der Waals surface area contributed by atoms with Crippen molar-refractivity contribution in [3.8, 4) is 6.07 Å². The lowest BCUT2D eigenvalue weighted by molar-refractivity contribution is -0.117. The molecule has 0 saturated carbocycles. The molecule has 0 fully saturated rings. The number of hydrogen-bond donors (Lipinski definition) is 2. The second-order valence-electron chi connectivity index (χ2n) is 3.66. The summed E-state index contributed by atoms with van der Waals surface area (Å²) in [7, 11) is 0. The van der Waals surface area contributed by atoms with E-state index in [1.54, 1.807) is 6.07 Å². The van der Waals surface area contributed by atoms with Gasteiger partial charge in [0.05, 0.1) is 11.7 Å². The van der Waals surface area contributed by atoms with Gasteiger partial charge in [0.15, 0.2) is 0 Å². The zero-order valence-electron chi connectivity index (χ0n) is 9.53. The molecule has 0 aromatic heterocycles. The van der Waals surface area contributed by atoms with Crippen molar-refractivity contribution in [2.24, 2.45) is 5.73 Å². The summed E-state index contributed by atoms with van der Waals surface area (Å²) in [6.07, 6.45) is 1.33. The molecular formula is C12H14FN3O. The van der Waals surface area contributed by atoms with Crippen LogP contribution in [-0.4, -0.2) is 11.9 Å². The molecule has 0 radical (unpaired) electrons. The first-order valence-corrected chi connectivity index (χ1v) is 5.35. The van der Waals surface area contributed by atoms with E-state index in [4.69, 9.17) is 11.0 Å². The smallest absolute Gasteiger partial charge is 0.241 e. The van der Waals surface area contributed by atoms with Crippen LogP contribution in [0.2, 0.25) is 0 Å². The predicted octanol–water partition coefficient (Wildman–Crippen LogP) is 1.76. The normalized spacial score (nSPS) is 11.6. The highest BCUT2D eigenvalue weighted by Crippen LogP contribution is 2.17. The lowest BCUT2D eigenvalue weighted by Crippen LogP contribution is -2.35. The van der Waals surface area contributed by atoms with E-state index < -0.39 is 17.8 Å². The number of amides is 1. The minimum absolute atomic E-state index is 0.157. The molecule has 0 aliphatic rings. The predicted molar refractivity (Wildman–Crippen MR) is 62.6 cm³/mol. The van der Waals surface area contributed by atoms with Crippen molar-refractivity contribution in [1.29, 1.82) is 5.26 Å². The minimum atomic E-state index is -0.658. The SMILES string of the molecule is CCCC(N)C(=O)Nc1cccc(F)c1C#N. The van der Waals surface area contributed by atoms with Crippen molar-refractivity contribution in [2.75, 3.05) is 5.32 Å². The molecule has 1 amide bonds. The Morgan fingerprint density at radius 1 is 1.65 bits per heavy atom. The average Bonchev–Trinajstić information content (AvgIpc) is 2.29. The monoisotopic (exact) mass is 235 g/mol. The van der Waals surface area contributed by atoms with Gasteiger partial charge in [-0.25, -0.2) is 4.39 Å². The van der Waals surface area contributed by atoms with E-state index in [1.165, 1.54) is 18.2 Å². The third-order valence-electron chi connectivity index (χ3n) is 2.32. The number of nitriles is 1. The molecule has 0 spiro atoms. The molecule has 5 heteroatoms. The summed E-state index contributed by atoms with van der Waals surface area (Å²) in [4.78, 5) is 11.6. The van der Waals surface area contributed by atoms with E-state index in [1.807, 2.05) is 6.92 Å². The maximum atomic E-state index is 13.2. The number of carbonyl (C=O) groups is 1. The third-order valence-corrected chi connectivity index (χ3v) is 2.32. The highest BCUT2D eigenvalue weighted by Gasteiger charge is 2.15. The fraction of sp³-hybridized carbons (Fsp3) is 0.333. The van der Waals surface area contributed by atoms with Crippen LogP contribution in [0.15, 0.2) is 18.2 Å². The average molecular weight is 235 g/mol. The quantitative estimate of drug-likeness (QED) is 0.834. The molecule has 0 heterocycles. The van der Waals surface area contributed by atoms with Crippen LogP contribution in [0.4, 0.5) is 10.1 Å². The Kier molecular flexibility index (Phi) is 4.61. The van der Waals surface area contributed by atoms with Gasteiger partial charge in [-0.2, -0.15) is 5.26 Å². The second-order valence-corrected chi connectivity index (χ2v) is 3.66. The Bertz CT molecular complexity index is 454. The standard InChI is InChI=1S/C12H14FN3O/c1-2-4-10(15)12(17)16-11-6-3-5-9(13)8(11)7-14/h3,5-6,10H,2,4,15H2,1H3,(H,16,17). The summed E-state index contributed by atoms with van der Waals surface area (Å²) < 4.78 is 13.2. The number of rotatable bonds is 4. The molecule has 0 aliphatic carbocycles. The van der Waals surface area contributed by atoms with E-state index >= 15 is 0 Å². The maximum absolute atomic E-state index is 13.2. The van der Waals surface area contributed by atoms with Crippen LogP contribution < -0.4 is 11.1 Å². The van der Waals surface area contributed by atoms with Gasteiger partial charge >= 0.3 is 0 Å². The van der Waals surface area contributed by atoms with Crippen LogP contribution in [0.3, 0.4) is 0 Å². The van der Waals surface area contributed by atoms with Crippen LogP contribution in [0, 0.1) is 17.1 Å². The van der Waals surface area contributed by atoms with Gasteiger partial charge in [-0.05, 0) is 18.6 Å². The fourth-order valence-electron chi connectivity index (χ4n) is 1.41. The van der Waals surface area contributed by atoms with Crippen molar-refractivity contribution >= 4 is 11.6 Å². The van der Waals surface area contributed by atoms with Crippen LogP contribution in [-0.2, 0) is 4.79 Å². The Balaban J connectivity index is 2.86. The molecule has 0 saturated heterocycles. The maximum Gasteiger partial charge on any atom is 0.241 e. The Morgan fingerprint density at radius 3 is 2.94 bits per heavy atom. The van der Waals surface area contributed by atoms with Crippen LogP contribution >= 0.6 is 0 Å². The molecule has 1 aromatic carbocycles. The summed E-state index contributed by atoms with van der Waals surface area (Å²) in [5.41, 5.74) is 5.60. The number of anilines is 1. The molecule has 0 bridgehead atoms. The minimum Gasteiger partial charge on any atom is -0.323 e. The van der Waals surface area contributed by atoms with E-state index in [-0.39, 0.29) is 11.3 Å². The van der Waals surface area contributed by atoms with Gasteiger partial charge in [0, 0.05) is 0 Å². The Morgan fingerprint density at radius 2 is 2.35 bits per heavy atom. The van der Waals surface area contributed by atoms with Crippen molar-refractivity contribution in [3.05, 3.63) is 29.6 Å². The van der Waals surface area contributed by atoms with Crippen LogP contribution in [0.1, 0.15) is 25.3 Å². The molecular weight excluding hydrogens is 221 g/mol. The number of nitrogens with two attached hydrogens (primary N) is 1. The summed E-state index contributed by atoms with van der Waals surface area (Å²) >= 11 is 0. The van der Waals surface area contributed by atoms with Crippen LogP contribution in [0.25, 0.3) is 0 Å². The largest absolute Gasteiger partial charge is 0.323 e. The van der Waals surface area contributed by atoms with Gasteiger partial charge in [0.1, 0.15) is 17.4 Å². The molecule has 1 unspecified atom stereocenters. The van der Waals surface area contributed by atoms with Gasteiger partial charge in [-0.3, -0.25) is 4.79 Å². The summed E-state index contributed by atoms with van der Waals surface area (Å²) in [6.45, 7) is 1.91. The molecule has 0 aliphatic heterocycles. The molecule has 3 N–H and O–H groups in total. The van der Waals surface area contributed by atoms with Gasteiger partial charge in [0.2, 0.25) is 5.91 Å². The molecule has 1 rings (SSSR count). The fourth-order valence-corrected chi connectivity index (χ4v) is 1.41. The third kappa shape index (κ3) is 3.26. The van der Waals surface area contributed by atoms with Gasteiger partial charge in [-0.1, -0.05) is 19.4 Å². The van der Waals surface area contributed by atoms with Crippen molar-refractivity contribution in [2.45, 2.75) is 25.8 Å². The Hall–Kier alpha value is -1.93. The zero-order valence-corrected chi connectivity index (χ0v) is 9.53. The van der Waals surface area contributed by atoms with Crippen molar-refractivity contribution in [1.82, 2.24) is 0 Å². The summed E-state index contributed by atoms with van der Waals surface area (Å²) in [6, 6.07) is 5.13. The first-order valence-electron chi connectivity index (χ1n) is 5.35. The number of halogens is 1. The van der Waals surface area contributed by atoms with E-state index in [2.05, 4.69) is 5.32 Å². The van der Waals surface area contributed by atoms with Gasteiger partial charge in [-0.15, -0.1) is 0 Å². The first kappa shape index (κ1) is 13.1. The van der Waals surface area contributed by atoms with Gasteiger partial charge in [0.25, 0.3) is 0 Å². The number of benzene rings is 1. The number of nitrogens with one attached hydrogen (secondary N) is 1. The molecule has 1 atom stereocenters. The Labute approximate surface area is 99.2 Å². The topological polar surface area (TPSA) is 78.9 Å². The van der Waals surface area contributed by atoms with E-state index in [0.717, 1.165) is 6.42 Å².